The Hall–Kier alpha value is -2.00. The van der Waals surface area contributed by atoms with Crippen molar-refractivity contribution in [3.8, 4) is 11.5 Å². The maximum absolute atomic E-state index is 11.2. The van der Waals surface area contributed by atoms with Crippen LogP contribution in [0.25, 0.3) is 0 Å². The first-order chi connectivity index (χ1) is 12.2. The van der Waals surface area contributed by atoms with Crippen LogP contribution in [0.5, 0.6) is 11.5 Å². The molecule has 0 aliphatic heterocycles. The number of aromatic hydroxyl groups is 1. The second-order valence-corrected chi connectivity index (χ2v) is 7.75. The number of benzene rings is 2. The molecule has 2 aromatic carbocycles. The lowest BCUT2D eigenvalue weighted by Crippen LogP contribution is -2.08. The average Bonchev–Trinajstić information content (AvgIpc) is 2.55. The molecule has 0 atom stereocenters. The van der Waals surface area contributed by atoms with Crippen molar-refractivity contribution in [1.82, 2.24) is 0 Å². The highest BCUT2D eigenvalue weighted by atomic mass is 35.5. The second kappa shape index (κ2) is 8.59. The monoisotopic (exact) mass is 374 g/mol. The van der Waals surface area contributed by atoms with Gasteiger partial charge in [0, 0.05) is 5.02 Å². The molecule has 0 amide bonds. The normalized spacial score (nSPS) is 11.2. The zero-order chi connectivity index (χ0) is 19.4. The van der Waals surface area contributed by atoms with Gasteiger partial charge in [-0.3, -0.25) is 4.79 Å². The van der Waals surface area contributed by atoms with Gasteiger partial charge in [0.1, 0.15) is 18.1 Å². The van der Waals surface area contributed by atoms with Crippen LogP contribution in [-0.2, 0) is 11.2 Å². The fourth-order valence-corrected chi connectivity index (χ4v) is 3.27. The summed E-state index contributed by atoms with van der Waals surface area (Å²) in [6, 6.07) is 9.47. The van der Waals surface area contributed by atoms with E-state index in [0.717, 1.165) is 22.3 Å². The number of phenolic OH excluding ortho intramolecular Hbond substituents is 1. The Kier molecular flexibility index (Phi) is 6.71. The van der Waals surface area contributed by atoms with E-state index in [1.54, 1.807) is 12.1 Å². The molecule has 1 N–H and O–H groups in total. The van der Waals surface area contributed by atoms with E-state index in [2.05, 4.69) is 27.7 Å². The molecule has 0 heterocycles. The summed E-state index contributed by atoms with van der Waals surface area (Å²) in [5.41, 5.74) is 4.20. The predicted octanol–water partition coefficient (Wildman–Crippen LogP) is 5.85. The number of carbonyl (C=O) groups excluding carboxylic acids is 1. The van der Waals surface area contributed by atoms with Crippen molar-refractivity contribution in [2.24, 2.45) is 0 Å². The van der Waals surface area contributed by atoms with Crippen LogP contribution < -0.4 is 4.74 Å². The number of ether oxygens (including phenoxy) is 1. The molecule has 0 radical (unpaired) electrons. The summed E-state index contributed by atoms with van der Waals surface area (Å²) < 4.78 is 5.54. The van der Waals surface area contributed by atoms with Gasteiger partial charge in [-0.25, -0.2) is 0 Å². The lowest BCUT2D eigenvalue weighted by atomic mass is 9.91. The Morgan fingerprint density at radius 1 is 1.08 bits per heavy atom. The van der Waals surface area contributed by atoms with Gasteiger partial charge in [0.15, 0.2) is 5.78 Å². The van der Waals surface area contributed by atoms with E-state index in [0.29, 0.717) is 22.9 Å². The van der Waals surface area contributed by atoms with E-state index in [9.17, 15) is 9.90 Å². The number of ketones is 1. The van der Waals surface area contributed by atoms with Crippen molar-refractivity contribution in [1.29, 1.82) is 0 Å². The lowest BCUT2D eigenvalue weighted by molar-refractivity contribution is -0.118. The highest BCUT2D eigenvalue weighted by Crippen LogP contribution is 2.34. The molecule has 26 heavy (non-hydrogen) atoms. The number of phenols is 1. The minimum absolute atomic E-state index is 0.0263. The van der Waals surface area contributed by atoms with Gasteiger partial charge in [-0.05, 0) is 65.6 Å². The predicted molar refractivity (Wildman–Crippen MR) is 107 cm³/mol. The van der Waals surface area contributed by atoms with Crippen LogP contribution in [-0.4, -0.2) is 17.5 Å². The molecule has 0 bridgehead atoms. The maximum atomic E-state index is 11.2. The average molecular weight is 375 g/mol. The zero-order valence-electron chi connectivity index (χ0n) is 16.1. The molecular weight excluding hydrogens is 348 g/mol. The number of rotatable bonds is 7. The van der Waals surface area contributed by atoms with E-state index in [1.165, 1.54) is 6.92 Å². The standard InChI is InChI=1S/C22H27ClO3/c1-13(2)18-10-17(26-12-15(5)24)11-21(23)20(18)9-16-6-7-22(25)19(8-16)14(3)4/h6-8,10-11,13-14,25H,9,12H2,1-5H3. The summed E-state index contributed by atoms with van der Waals surface area (Å²) in [5.74, 6) is 1.43. The van der Waals surface area contributed by atoms with Gasteiger partial charge in [0.25, 0.3) is 0 Å². The largest absolute Gasteiger partial charge is 0.508 e. The van der Waals surface area contributed by atoms with Crippen LogP contribution in [0.2, 0.25) is 5.02 Å². The summed E-state index contributed by atoms with van der Waals surface area (Å²) in [5, 5.41) is 10.7. The molecule has 0 unspecified atom stereocenters. The highest BCUT2D eigenvalue weighted by molar-refractivity contribution is 6.31. The quantitative estimate of drug-likeness (QED) is 0.661. The van der Waals surface area contributed by atoms with Gasteiger partial charge < -0.3 is 9.84 Å². The topological polar surface area (TPSA) is 46.5 Å². The van der Waals surface area contributed by atoms with Crippen LogP contribution in [0.15, 0.2) is 30.3 Å². The Balaban J connectivity index is 2.39. The van der Waals surface area contributed by atoms with Crippen LogP contribution in [0.1, 0.15) is 68.7 Å². The first-order valence-corrected chi connectivity index (χ1v) is 9.33. The minimum Gasteiger partial charge on any atom is -0.508 e. The summed E-state index contributed by atoms with van der Waals surface area (Å²) in [6.07, 6.45) is 0.680. The van der Waals surface area contributed by atoms with E-state index in [1.807, 2.05) is 18.2 Å². The number of hydrogen-bond donors (Lipinski definition) is 1. The minimum atomic E-state index is -0.0263. The third-order valence-corrected chi connectivity index (χ3v) is 4.70. The first kappa shape index (κ1) is 20.3. The third kappa shape index (κ3) is 5.01. The Labute approximate surface area is 161 Å². The number of carbonyl (C=O) groups is 1. The van der Waals surface area contributed by atoms with Crippen molar-refractivity contribution in [2.45, 2.75) is 52.9 Å². The van der Waals surface area contributed by atoms with Crippen molar-refractivity contribution < 1.29 is 14.6 Å². The molecule has 0 spiro atoms. The number of hydrogen-bond acceptors (Lipinski definition) is 3. The van der Waals surface area contributed by atoms with Gasteiger partial charge in [0.05, 0.1) is 0 Å². The summed E-state index contributed by atoms with van der Waals surface area (Å²) >= 11 is 6.56. The Morgan fingerprint density at radius 2 is 1.73 bits per heavy atom. The fourth-order valence-electron chi connectivity index (χ4n) is 2.98. The van der Waals surface area contributed by atoms with Crippen molar-refractivity contribution in [3.63, 3.8) is 0 Å². The van der Waals surface area contributed by atoms with Gasteiger partial charge in [-0.2, -0.15) is 0 Å². The molecule has 0 aliphatic rings. The summed E-state index contributed by atoms with van der Waals surface area (Å²) in [7, 11) is 0. The second-order valence-electron chi connectivity index (χ2n) is 7.34. The van der Waals surface area contributed by atoms with Crippen LogP contribution in [0.4, 0.5) is 0 Å². The lowest BCUT2D eigenvalue weighted by Gasteiger charge is -2.18. The fraction of sp³-hybridized carbons (Fsp3) is 0.409. The van der Waals surface area contributed by atoms with Crippen molar-refractivity contribution in [3.05, 3.63) is 57.6 Å². The Morgan fingerprint density at radius 3 is 2.31 bits per heavy atom. The van der Waals surface area contributed by atoms with E-state index in [4.69, 9.17) is 16.3 Å². The van der Waals surface area contributed by atoms with E-state index >= 15 is 0 Å². The summed E-state index contributed by atoms with van der Waals surface area (Å²) in [6.45, 7) is 9.89. The third-order valence-electron chi connectivity index (χ3n) is 4.36. The molecule has 0 fully saturated rings. The first-order valence-electron chi connectivity index (χ1n) is 8.95. The zero-order valence-corrected chi connectivity index (χ0v) is 16.9. The SMILES string of the molecule is CC(=O)COc1cc(Cl)c(Cc2ccc(O)c(C(C)C)c2)c(C(C)C)c1. The van der Waals surface area contributed by atoms with Gasteiger partial charge in [-0.1, -0.05) is 51.4 Å². The molecule has 2 rings (SSSR count). The smallest absolute Gasteiger partial charge is 0.167 e. The van der Waals surface area contributed by atoms with E-state index in [-0.39, 0.29) is 24.2 Å². The maximum Gasteiger partial charge on any atom is 0.167 e. The molecule has 2 aromatic rings. The van der Waals surface area contributed by atoms with E-state index < -0.39 is 0 Å². The Bertz CT molecular complexity index is 794. The molecule has 0 aromatic heterocycles. The molecule has 0 saturated heterocycles. The van der Waals surface area contributed by atoms with Gasteiger partial charge >= 0.3 is 0 Å². The summed E-state index contributed by atoms with van der Waals surface area (Å²) in [4.78, 5) is 11.2. The molecule has 3 nitrogen and oxygen atoms in total. The van der Waals surface area contributed by atoms with Crippen LogP contribution in [0.3, 0.4) is 0 Å². The molecule has 140 valence electrons. The molecular formula is C22H27ClO3. The molecule has 4 heteroatoms. The van der Waals surface area contributed by atoms with Gasteiger partial charge in [-0.15, -0.1) is 0 Å². The van der Waals surface area contributed by atoms with Crippen LogP contribution in [0, 0.1) is 0 Å². The highest BCUT2D eigenvalue weighted by Gasteiger charge is 2.15. The van der Waals surface area contributed by atoms with Crippen molar-refractivity contribution >= 4 is 17.4 Å². The van der Waals surface area contributed by atoms with Crippen molar-refractivity contribution in [2.75, 3.05) is 6.61 Å². The van der Waals surface area contributed by atoms with Gasteiger partial charge in [0.2, 0.25) is 0 Å². The molecule has 0 saturated carbocycles. The number of halogens is 1. The molecule has 0 aliphatic carbocycles. The van der Waals surface area contributed by atoms with Crippen LogP contribution >= 0.6 is 11.6 Å². The number of Topliss-reactive ketones (excluding diaryl/α,β-unsaturated/α-hetero) is 1.